The SMILES string of the molecule is c1ccc2cc(-c3ccc4c(ccc5cc(N(c6ccc(-c7nccc8ccccc78)cc6)c6ccc(-c7nccc8ccccc78)cc6)ccc54)c3)ccc2c1. The molecule has 3 heteroatoms. The Kier molecular flexibility index (Phi) is 7.82. The predicted molar refractivity (Wildman–Crippen MR) is 241 cm³/mol. The fraction of sp³-hybridized carbons (Fsp3) is 0. The third kappa shape index (κ3) is 5.85. The van der Waals surface area contributed by atoms with Gasteiger partial charge in [-0.15, -0.1) is 0 Å². The van der Waals surface area contributed by atoms with Crippen LogP contribution in [-0.4, -0.2) is 9.97 Å². The Bertz CT molecular complexity index is 3160. The quantitative estimate of drug-likeness (QED) is 0.160. The van der Waals surface area contributed by atoms with Crippen molar-refractivity contribution in [1.82, 2.24) is 9.97 Å². The molecule has 0 amide bonds. The number of rotatable bonds is 6. The second-order valence-corrected chi connectivity index (χ2v) is 14.7. The molecule has 57 heavy (non-hydrogen) atoms. The number of benzene rings is 9. The zero-order valence-electron chi connectivity index (χ0n) is 31.0. The fourth-order valence-electron chi connectivity index (χ4n) is 8.43. The number of hydrogen-bond donors (Lipinski definition) is 0. The van der Waals surface area contributed by atoms with Crippen molar-refractivity contribution >= 4 is 70.9 Å². The van der Waals surface area contributed by atoms with E-state index in [4.69, 9.17) is 9.97 Å². The molecule has 0 unspecified atom stereocenters. The van der Waals surface area contributed by atoms with Crippen LogP contribution < -0.4 is 4.90 Å². The maximum atomic E-state index is 4.80. The van der Waals surface area contributed by atoms with Crippen LogP contribution in [0.15, 0.2) is 213 Å². The molecule has 0 bridgehead atoms. The molecular formula is C54H35N3. The first-order valence-electron chi connectivity index (χ1n) is 19.4. The molecule has 11 aromatic rings. The summed E-state index contributed by atoms with van der Waals surface area (Å²) in [6, 6.07) is 72.1. The van der Waals surface area contributed by atoms with E-state index in [1.165, 1.54) is 54.2 Å². The largest absolute Gasteiger partial charge is 0.310 e. The van der Waals surface area contributed by atoms with Crippen molar-refractivity contribution in [3.63, 3.8) is 0 Å². The number of hydrogen-bond acceptors (Lipinski definition) is 3. The van der Waals surface area contributed by atoms with E-state index in [0.29, 0.717) is 0 Å². The average molecular weight is 726 g/mol. The molecule has 0 saturated carbocycles. The van der Waals surface area contributed by atoms with E-state index >= 15 is 0 Å². The van der Waals surface area contributed by atoms with E-state index in [9.17, 15) is 0 Å². The Morgan fingerprint density at radius 2 is 0.684 bits per heavy atom. The first-order valence-corrected chi connectivity index (χ1v) is 19.4. The summed E-state index contributed by atoms with van der Waals surface area (Å²) in [5, 5.41) is 12.1. The summed E-state index contributed by atoms with van der Waals surface area (Å²) < 4.78 is 0. The molecule has 3 nitrogen and oxygen atoms in total. The highest BCUT2D eigenvalue weighted by Crippen LogP contribution is 2.40. The third-order valence-electron chi connectivity index (χ3n) is 11.3. The van der Waals surface area contributed by atoms with Gasteiger partial charge in [-0.2, -0.15) is 0 Å². The van der Waals surface area contributed by atoms with E-state index in [1.54, 1.807) is 0 Å². The topological polar surface area (TPSA) is 29.0 Å². The van der Waals surface area contributed by atoms with Crippen LogP contribution in [0.3, 0.4) is 0 Å². The standard InChI is InChI=1S/C54H35N3/c1-2-10-41-33-42(14-13-36(41)7-1)43-21-27-49-44(34-43)15-16-45-35-48(26-28-50(45)49)57(46-22-17-39(18-23-46)53-51-11-5-3-8-37(51)29-31-55-53)47-24-19-40(20-25-47)54-52-12-6-4-9-38(52)30-32-56-54/h1-35H. The van der Waals surface area contributed by atoms with Gasteiger partial charge in [-0.3, -0.25) is 9.97 Å². The smallest absolute Gasteiger partial charge is 0.0780 e. The Labute approximate surface area is 330 Å². The second kappa shape index (κ2) is 13.6. The predicted octanol–water partition coefficient (Wildman–Crippen LogP) is 14.7. The molecule has 0 aliphatic rings. The third-order valence-corrected chi connectivity index (χ3v) is 11.3. The number of nitrogens with zero attached hydrogens (tertiary/aromatic N) is 3. The van der Waals surface area contributed by atoms with Crippen molar-refractivity contribution in [2.75, 3.05) is 4.90 Å². The molecule has 0 aliphatic heterocycles. The number of fused-ring (bicyclic) bond motifs is 6. The van der Waals surface area contributed by atoms with Crippen LogP contribution in [0.25, 0.3) is 87.5 Å². The van der Waals surface area contributed by atoms with Crippen molar-refractivity contribution < 1.29 is 0 Å². The minimum absolute atomic E-state index is 0.986. The molecule has 0 radical (unpaired) electrons. The highest BCUT2D eigenvalue weighted by molar-refractivity contribution is 6.10. The lowest BCUT2D eigenvalue weighted by Crippen LogP contribution is -2.10. The molecule has 0 fully saturated rings. The van der Waals surface area contributed by atoms with Crippen LogP contribution >= 0.6 is 0 Å². The lowest BCUT2D eigenvalue weighted by Gasteiger charge is -2.26. The van der Waals surface area contributed by atoms with Gasteiger partial charge in [-0.05, 0) is 115 Å². The lowest BCUT2D eigenvalue weighted by atomic mass is 9.96. The van der Waals surface area contributed by atoms with E-state index < -0.39 is 0 Å². The van der Waals surface area contributed by atoms with Crippen LogP contribution in [0, 0.1) is 0 Å². The summed E-state index contributed by atoms with van der Waals surface area (Å²) in [5.74, 6) is 0. The Morgan fingerprint density at radius 3 is 1.28 bits per heavy atom. The summed E-state index contributed by atoms with van der Waals surface area (Å²) in [7, 11) is 0. The molecule has 0 saturated heterocycles. The maximum Gasteiger partial charge on any atom is 0.0780 e. The Hall–Kier alpha value is -7.62. The van der Waals surface area contributed by atoms with Gasteiger partial charge in [0.1, 0.15) is 0 Å². The minimum atomic E-state index is 0.986. The first-order chi connectivity index (χ1) is 28.2. The molecule has 0 spiro atoms. The summed E-state index contributed by atoms with van der Waals surface area (Å²) >= 11 is 0. The molecular weight excluding hydrogens is 691 g/mol. The molecule has 9 aromatic carbocycles. The minimum Gasteiger partial charge on any atom is -0.310 e. The van der Waals surface area contributed by atoms with Crippen molar-refractivity contribution in [2.45, 2.75) is 0 Å². The highest BCUT2D eigenvalue weighted by atomic mass is 15.1. The Balaban J connectivity index is 1.00. The van der Waals surface area contributed by atoms with Crippen LogP contribution in [-0.2, 0) is 0 Å². The molecule has 0 atom stereocenters. The van der Waals surface area contributed by atoms with Gasteiger partial charge in [0.2, 0.25) is 0 Å². The molecule has 0 N–H and O–H groups in total. The molecule has 266 valence electrons. The zero-order chi connectivity index (χ0) is 37.7. The van der Waals surface area contributed by atoms with Gasteiger partial charge in [0.25, 0.3) is 0 Å². The molecule has 2 aromatic heterocycles. The highest BCUT2D eigenvalue weighted by Gasteiger charge is 2.16. The molecule has 0 aliphatic carbocycles. The Morgan fingerprint density at radius 1 is 0.263 bits per heavy atom. The van der Waals surface area contributed by atoms with Crippen LogP contribution in [0.2, 0.25) is 0 Å². The van der Waals surface area contributed by atoms with E-state index in [2.05, 4.69) is 205 Å². The average Bonchev–Trinajstić information content (AvgIpc) is 3.29. The van der Waals surface area contributed by atoms with Crippen LogP contribution in [0.5, 0.6) is 0 Å². The van der Waals surface area contributed by atoms with Gasteiger partial charge >= 0.3 is 0 Å². The summed E-state index contributed by atoms with van der Waals surface area (Å²) in [4.78, 5) is 11.9. The van der Waals surface area contributed by atoms with Gasteiger partial charge in [0.15, 0.2) is 0 Å². The maximum absolute atomic E-state index is 4.80. The second-order valence-electron chi connectivity index (χ2n) is 14.7. The van der Waals surface area contributed by atoms with Crippen molar-refractivity contribution in [1.29, 1.82) is 0 Å². The van der Waals surface area contributed by atoms with Gasteiger partial charge in [-0.1, -0.05) is 140 Å². The molecule has 2 heterocycles. The van der Waals surface area contributed by atoms with E-state index in [1.807, 2.05) is 12.4 Å². The fourth-order valence-corrected chi connectivity index (χ4v) is 8.43. The number of aromatic nitrogens is 2. The van der Waals surface area contributed by atoms with Gasteiger partial charge in [-0.25, -0.2) is 0 Å². The van der Waals surface area contributed by atoms with Crippen molar-refractivity contribution in [3.05, 3.63) is 213 Å². The normalized spacial score (nSPS) is 11.5. The van der Waals surface area contributed by atoms with Gasteiger partial charge in [0, 0.05) is 51.4 Å². The summed E-state index contributed by atoms with van der Waals surface area (Å²) in [6.45, 7) is 0. The number of pyridine rings is 2. The van der Waals surface area contributed by atoms with Crippen molar-refractivity contribution in [2.24, 2.45) is 0 Å². The monoisotopic (exact) mass is 725 g/mol. The van der Waals surface area contributed by atoms with Crippen LogP contribution in [0.4, 0.5) is 17.1 Å². The lowest BCUT2D eigenvalue weighted by molar-refractivity contribution is 1.28. The van der Waals surface area contributed by atoms with Crippen LogP contribution in [0.1, 0.15) is 0 Å². The van der Waals surface area contributed by atoms with Gasteiger partial charge in [0.05, 0.1) is 11.4 Å². The zero-order valence-corrected chi connectivity index (χ0v) is 31.0. The van der Waals surface area contributed by atoms with E-state index in [0.717, 1.165) is 50.3 Å². The van der Waals surface area contributed by atoms with E-state index in [-0.39, 0.29) is 0 Å². The summed E-state index contributed by atoms with van der Waals surface area (Å²) in [5.41, 5.74) is 9.80. The first kappa shape index (κ1) is 32.8. The number of anilines is 3. The van der Waals surface area contributed by atoms with Crippen molar-refractivity contribution in [3.8, 4) is 33.6 Å². The van der Waals surface area contributed by atoms with Gasteiger partial charge < -0.3 is 4.90 Å². The molecule has 11 rings (SSSR count). The summed E-state index contributed by atoms with van der Waals surface area (Å²) in [6.07, 6.45) is 3.79.